The summed E-state index contributed by atoms with van der Waals surface area (Å²) in [4.78, 5) is 0. The second-order valence-corrected chi connectivity index (χ2v) is 3.75. The van der Waals surface area contributed by atoms with E-state index >= 15 is 0 Å². The lowest BCUT2D eigenvalue weighted by molar-refractivity contribution is 0.0285. The summed E-state index contributed by atoms with van der Waals surface area (Å²) in [5.41, 5.74) is 2.28. The van der Waals surface area contributed by atoms with Gasteiger partial charge in [-0.3, -0.25) is 5.10 Å². The summed E-state index contributed by atoms with van der Waals surface area (Å²) < 4.78 is 5.73. The quantitative estimate of drug-likeness (QED) is 0.732. The highest BCUT2D eigenvalue weighted by Crippen LogP contribution is 2.25. The van der Waals surface area contributed by atoms with Gasteiger partial charge < -0.3 is 10.1 Å². The Labute approximate surface area is 87.6 Å². The molecule has 0 aliphatic carbocycles. The van der Waals surface area contributed by atoms with Crippen LogP contribution in [0.5, 0.6) is 0 Å². The van der Waals surface area contributed by atoms with Crippen molar-refractivity contribution >= 4 is 10.9 Å². The zero-order chi connectivity index (χ0) is 10.1. The zero-order valence-corrected chi connectivity index (χ0v) is 8.36. The number of nitrogens with one attached hydrogen (secondary N) is 2. The molecule has 2 heterocycles. The molecule has 0 bridgehead atoms. The number of benzene rings is 1. The molecule has 3 rings (SSSR count). The molecule has 1 saturated heterocycles. The Morgan fingerprint density at radius 2 is 2.40 bits per heavy atom. The fourth-order valence-electron chi connectivity index (χ4n) is 2.03. The van der Waals surface area contributed by atoms with Crippen molar-refractivity contribution in [3.05, 3.63) is 30.0 Å². The largest absolute Gasteiger partial charge is 0.371 e. The molecule has 0 amide bonds. The minimum Gasteiger partial charge on any atom is -0.371 e. The van der Waals surface area contributed by atoms with Crippen LogP contribution in [0.25, 0.3) is 10.9 Å². The monoisotopic (exact) mass is 203 g/mol. The molecule has 1 aromatic carbocycles. The Morgan fingerprint density at radius 1 is 1.40 bits per heavy atom. The van der Waals surface area contributed by atoms with Crippen molar-refractivity contribution in [3.63, 3.8) is 0 Å². The third-order valence-electron chi connectivity index (χ3n) is 2.78. The molecule has 0 radical (unpaired) electrons. The molecule has 1 aliphatic rings. The predicted molar refractivity (Wildman–Crippen MR) is 57.7 cm³/mol. The topological polar surface area (TPSA) is 49.9 Å². The molecule has 2 aromatic rings. The molecule has 15 heavy (non-hydrogen) atoms. The first-order valence-electron chi connectivity index (χ1n) is 5.19. The number of hydrogen-bond donors (Lipinski definition) is 2. The number of aromatic amines is 1. The molecular weight excluding hydrogens is 190 g/mol. The van der Waals surface area contributed by atoms with Crippen LogP contribution in [0.4, 0.5) is 0 Å². The van der Waals surface area contributed by atoms with Gasteiger partial charge in [-0.15, -0.1) is 0 Å². The fraction of sp³-hybridized carbons (Fsp3) is 0.364. The van der Waals surface area contributed by atoms with Crippen LogP contribution < -0.4 is 5.32 Å². The second kappa shape index (κ2) is 3.64. The summed E-state index contributed by atoms with van der Waals surface area (Å²) in [7, 11) is 0. The van der Waals surface area contributed by atoms with Gasteiger partial charge in [0, 0.05) is 24.0 Å². The number of ether oxygens (including phenoxy) is 1. The molecule has 4 heteroatoms. The molecule has 1 atom stereocenters. The van der Waals surface area contributed by atoms with Crippen molar-refractivity contribution < 1.29 is 4.74 Å². The molecule has 1 fully saturated rings. The zero-order valence-electron chi connectivity index (χ0n) is 8.36. The second-order valence-electron chi connectivity index (χ2n) is 3.75. The number of aromatic nitrogens is 2. The van der Waals surface area contributed by atoms with Gasteiger partial charge in [-0.2, -0.15) is 5.10 Å². The van der Waals surface area contributed by atoms with E-state index in [0.29, 0.717) is 0 Å². The van der Waals surface area contributed by atoms with Crippen molar-refractivity contribution in [2.75, 3.05) is 19.7 Å². The third-order valence-corrected chi connectivity index (χ3v) is 2.78. The molecule has 0 saturated carbocycles. The van der Waals surface area contributed by atoms with E-state index in [0.717, 1.165) is 30.6 Å². The summed E-state index contributed by atoms with van der Waals surface area (Å²) in [6.45, 7) is 2.59. The van der Waals surface area contributed by atoms with Crippen LogP contribution in [0, 0.1) is 0 Å². The van der Waals surface area contributed by atoms with E-state index in [-0.39, 0.29) is 6.10 Å². The minimum absolute atomic E-state index is 0.142. The molecular formula is C11H13N3O. The number of morpholine rings is 1. The normalized spacial score (nSPS) is 22.0. The SMILES string of the molecule is c1cc(C2CNCCO2)c2[nH]ncc2c1. The number of nitrogens with zero attached hydrogens (tertiary/aromatic N) is 1. The van der Waals surface area contributed by atoms with E-state index in [4.69, 9.17) is 4.74 Å². The molecule has 78 valence electrons. The average Bonchev–Trinajstić information content (AvgIpc) is 2.78. The standard InChI is InChI=1S/C11H13N3O/c1-2-8-6-13-14-11(8)9(3-1)10-7-12-4-5-15-10/h1-3,6,10,12H,4-5,7H2,(H,13,14). The molecule has 1 aromatic heterocycles. The summed E-state index contributed by atoms with van der Waals surface area (Å²) in [6, 6.07) is 6.20. The highest BCUT2D eigenvalue weighted by molar-refractivity contribution is 5.81. The average molecular weight is 203 g/mol. The van der Waals surface area contributed by atoms with Crippen LogP contribution in [0.3, 0.4) is 0 Å². The van der Waals surface area contributed by atoms with Crippen LogP contribution >= 0.6 is 0 Å². The van der Waals surface area contributed by atoms with Crippen LogP contribution in [-0.2, 0) is 4.74 Å². The van der Waals surface area contributed by atoms with E-state index in [1.165, 1.54) is 5.56 Å². The number of rotatable bonds is 1. The fourth-order valence-corrected chi connectivity index (χ4v) is 2.03. The highest BCUT2D eigenvalue weighted by atomic mass is 16.5. The van der Waals surface area contributed by atoms with E-state index in [2.05, 4.69) is 27.6 Å². The van der Waals surface area contributed by atoms with Crippen LogP contribution in [0.15, 0.2) is 24.4 Å². The van der Waals surface area contributed by atoms with E-state index < -0.39 is 0 Å². The maximum Gasteiger partial charge on any atom is 0.0970 e. The van der Waals surface area contributed by atoms with Gasteiger partial charge in [0.05, 0.1) is 24.4 Å². The molecule has 2 N–H and O–H groups in total. The Hall–Kier alpha value is -1.39. The van der Waals surface area contributed by atoms with Gasteiger partial charge in [0.25, 0.3) is 0 Å². The number of fused-ring (bicyclic) bond motifs is 1. The van der Waals surface area contributed by atoms with Crippen LogP contribution in [0.2, 0.25) is 0 Å². The van der Waals surface area contributed by atoms with Gasteiger partial charge in [-0.1, -0.05) is 18.2 Å². The Balaban J connectivity index is 2.05. The van der Waals surface area contributed by atoms with E-state index in [1.54, 1.807) is 0 Å². The van der Waals surface area contributed by atoms with Gasteiger partial charge in [-0.05, 0) is 0 Å². The van der Waals surface area contributed by atoms with Crippen LogP contribution in [0.1, 0.15) is 11.7 Å². The van der Waals surface area contributed by atoms with Crippen LogP contribution in [-0.4, -0.2) is 29.9 Å². The smallest absolute Gasteiger partial charge is 0.0970 e. The first-order valence-corrected chi connectivity index (χ1v) is 5.19. The predicted octanol–water partition coefficient (Wildman–Crippen LogP) is 1.22. The Kier molecular flexibility index (Phi) is 2.16. The Bertz CT molecular complexity index is 460. The van der Waals surface area contributed by atoms with Gasteiger partial charge in [0.15, 0.2) is 0 Å². The summed E-state index contributed by atoms with van der Waals surface area (Å²) >= 11 is 0. The van der Waals surface area contributed by atoms with Crippen molar-refractivity contribution in [1.82, 2.24) is 15.5 Å². The number of H-pyrrole nitrogens is 1. The third kappa shape index (κ3) is 1.52. The summed E-state index contributed by atoms with van der Waals surface area (Å²) in [5, 5.41) is 11.6. The van der Waals surface area contributed by atoms with Crippen molar-refractivity contribution in [2.24, 2.45) is 0 Å². The van der Waals surface area contributed by atoms with Crippen molar-refractivity contribution in [3.8, 4) is 0 Å². The maximum atomic E-state index is 5.73. The maximum absolute atomic E-state index is 5.73. The lowest BCUT2D eigenvalue weighted by atomic mass is 10.1. The first-order chi connectivity index (χ1) is 7.45. The first kappa shape index (κ1) is 8.88. The van der Waals surface area contributed by atoms with Gasteiger partial charge in [0.2, 0.25) is 0 Å². The van der Waals surface area contributed by atoms with Gasteiger partial charge in [-0.25, -0.2) is 0 Å². The lowest BCUT2D eigenvalue weighted by Gasteiger charge is -2.24. The summed E-state index contributed by atoms with van der Waals surface area (Å²) in [5.74, 6) is 0. The highest BCUT2D eigenvalue weighted by Gasteiger charge is 2.18. The van der Waals surface area contributed by atoms with E-state index in [9.17, 15) is 0 Å². The van der Waals surface area contributed by atoms with E-state index in [1.807, 2.05) is 12.3 Å². The minimum atomic E-state index is 0.142. The molecule has 4 nitrogen and oxygen atoms in total. The number of hydrogen-bond acceptors (Lipinski definition) is 3. The van der Waals surface area contributed by atoms with Crippen molar-refractivity contribution in [2.45, 2.75) is 6.10 Å². The van der Waals surface area contributed by atoms with Crippen molar-refractivity contribution in [1.29, 1.82) is 0 Å². The molecule has 1 aliphatic heterocycles. The lowest BCUT2D eigenvalue weighted by Crippen LogP contribution is -2.33. The Morgan fingerprint density at radius 3 is 3.27 bits per heavy atom. The van der Waals surface area contributed by atoms with Gasteiger partial charge in [0.1, 0.15) is 0 Å². The molecule has 1 unspecified atom stereocenters. The van der Waals surface area contributed by atoms with Gasteiger partial charge >= 0.3 is 0 Å². The number of para-hydroxylation sites is 1. The summed E-state index contributed by atoms with van der Waals surface area (Å²) in [6.07, 6.45) is 1.98. The molecule has 0 spiro atoms.